The van der Waals surface area contributed by atoms with E-state index in [9.17, 15) is 4.79 Å². The molecule has 0 radical (unpaired) electrons. The molecule has 0 saturated heterocycles. The summed E-state index contributed by atoms with van der Waals surface area (Å²) < 4.78 is 22.8. The van der Waals surface area contributed by atoms with Gasteiger partial charge >= 0.3 is 0 Å². The fourth-order valence-corrected chi connectivity index (χ4v) is 4.26. The fourth-order valence-electron chi connectivity index (χ4n) is 4.26. The third kappa shape index (κ3) is 4.87. The summed E-state index contributed by atoms with van der Waals surface area (Å²) in [6.07, 6.45) is 3.37. The van der Waals surface area contributed by atoms with Gasteiger partial charge in [0, 0.05) is 12.8 Å². The van der Waals surface area contributed by atoms with E-state index in [1.807, 2.05) is 36.4 Å². The molecule has 5 heteroatoms. The number of benzene rings is 3. The number of carbonyl (C=O) groups is 1. The van der Waals surface area contributed by atoms with Gasteiger partial charge in [-0.05, 0) is 65.1 Å². The number of allylic oxidation sites excluding steroid dienone is 1. The van der Waals surface area contributed by atoms with Crippen molar-refractivity contribution in [2.75, 3.05) is 21.3 Å². The van der Waals surface area contributed by atoms with Crippen LogP contribution in [0.15, 0.2) is 66.7 Å². The van der Waals surface area contributed by atoms with Crippen LogP contribution in [0.4, 0.5) is 0 Å². The minimum atomic E-state index is -0.0516. The van der Waals surface area contributed by atoms with Crippen LogP contribution in [0.3, 0.4) is 0 Å². The number of carbonyl (C=O) groups excluding carboxylic acids is 1. The van der Waals surface area contributed by atoms with Crippen molar-refractivity contribution in [3.05, 3.63) is 89.0 Å². The van der Waals surface area contributed by atoms with Crippen molar-refractivity contribution in [2.24, 2.45) is 0 Å². The van der Waals surface area contributed by atoms with E-state index in [0.29, 0.717) is 23.0 Å². The number of ketones is 1. The van der Waals surface area contributed by atoms with Gasteiger partial charge in [0.2, 0.25) is 0 Å². The van der Waals surface area contributed by atoms with Gasteiger partial charge in [0.15, 0.2) is 28.8 Å². The molecule has 33 heavy (non-hydrogen) atoms. The Labute approximate surface area is 194 Å². The molecular weight excluding hydrogens is 416 g/mol. The number of methoxy groups -OCH3 is 3. The van der Waals surface area contributed by atoms with E-state index in [1.54, 1.807) is 27.4 Å². The highest BCUT2D eigenvalue weighted by Crippen LogP contribution is 2.37. The topological polar surface area (TPSA) is 54.0 Å². The van der Waals surface area contributed by atoms with Crippen molar-refractivity contribution in [1.29, 1.82) is 0 Å². The summed E-state index contributed by atoms with van der Waals surface area (Å²) in [4.78, 5) is 12.1. The van der Waals surface area contributed by atoms with Gasteiger partial charge in [0.1, 0.15) is 6.10 Å². The van der Waals surface area contributed by atoms with Gasteiger partial charge in [0.05, 0.1) is 21.3 Å². The Kier molecular flexibility index (Phi) is 6.68. The molecule has 0 N–H and O–H groups in total. The van der Waals surface area contributed by atoms with Crippen LogP contribution in [0, 0.1) is 0 Å². The average molecular weight is 445 g/mol. The first-order valence-corrected chi connectivity index (χ1v) is 10.9. The predicted octanol–water partition coefficient (Wildman–Crippen LogP) is 5.28. The van der Waals surface area contributed by atoms with Crippen molar-refractivity contribution >= 4 is 11.4 Å². The van der Waals surface area contributed by atoms with E-state index in [-0.39, 0.29) is 11.9 Å². The van der Waals surface area contributed by atoms with Crippen molar-refractivity contribution in [1.82, 2.24) is 0 Å². The minimum absolute atomic E-state index is 0.0351. The third-order valence-electron chi connectivity index (χ3n) is 5.82. The molecule has 1 aliphatic rings. The van der Waals surface area contributed by atoms with E-state index >= 15 is 0 Å². The first-order chi connectivity index (χ1) is 16.0. The van der Waals surface area contributed by atoms with E-state index in [1.165, 1.54) is 18.1 Å². The highest BCUT2D eigenvalue weighted by molar-refractivity contribution is 5.99. The van der Waals surface area contributed by atoms with Crippen molar-refractivity contribution in [3.63, 3.8) is 0 Å². The van der Waals surface area contributed by atoms with Crippen LogP contribution in [0.25, 0.3) is 5.57 Å². The Hall–Kier alpha value is -3.73. The summed E-state index contributed by atoms with van der Waals surface area (Å²) in [5.74, 6) is 2.48. The lowest BCUT2D eigenvalue weighted by Gasteiger charge is -2.18. The molecule has 1 aliphatic carbocycles. The highest BCUT2D eigenvalue weighted by atomic mass is 16.5. The zero-order valence-electron chi connectivity index (χ0n) is 19.4. The fraction of sp³-hybridized carbons (Fsp3) is 0.250. The summed E-state index contributed by atoms with van der Waals surface area (Å²) >= 11 is 0. The Balaban J connectivity index is 1.70. The van der Waals surface area contributed by atoms with Crippen LogP contribution in [0.5, 0.6) is 23.0 Å². The second kappa shape index (κ2) is 9.82. The molecule has 0 aromatic heterocycles. The van der Waals surface area contributed by atoms with E-state index < -0.39 is 0 Å². The monoisotopic (exact) mass is 444 g/mol. The average Bonchev–Trinajstić information content (AvgIpc) is 3.24. The zero-order chi connectivity index (χ0) is 23.4. The predicted molar refractivity (Wildman–Crippen MR) is 129 cm³/mol. The standard InChI is InChI=1S/C28H28O5/c1-18(29)13-24(21-9-11-25(30-2)27(16-21)32-4)22-10-12-26(31-3)28(17-22)33-23-14-19-7-5-6-8-20(19)15-23/h5-13,16-17,23H,14-15H2,1-4H3. The van der Waals surface area contributed by atoms with Gasteiger partial charge in [-0.15, -0.1) is 0 Å². The van der Waals surface area contributed by atoms with Crippen molar-refractivity contribution in [2.45, 2.75) is 25.9 Å². The molecule has 0 fully saturated rings. The van der Waals surface area contributed by atoms with Gasteiger partial charge in [-0.3, -0.25) is 4.79 Å². The Morgan fingerprint density at radius 2 is 1.27 bits per heavy atom. The van der Waals surface area contributed by atoms with Gasteiger partial charge in [0.25, 0.3) is 0 Å². The summed E-state index contributed by atoms with van der Waals surface area (Å²) in [6.45, 7) is 1.54. The Bertz CT molecular complexity index is 1170. The van der Waals surface area contributed by atoms with Crippen LogP contribution in [0.1, 0.15) is 29.2 Å². The van der Waals surface area contributed by atoms with Gasteiger partial charge < -0.3 is 18.9 Å². The first kappa shape index (κ1) is 22.5. The molecule has 0 unspecified atom stereocenters. The molecule has 0 spiro atoms. The molecule has 0 amide bonds. The second-order valence-electron chi connectivity index (χ2n) is 8.02. The number of hydrogen-bond donors (Lipinski definition) is 0. The molecule has 0 heterocycles. The number of rotatable bonds is 8. The van der Waals surface area contributed by atoms with Crippen LogP contribution < -0.4 is 18.9 Å². The molecule has 170 valence electrons. The lowest BCUT2D eigenvalue weighted by Crippen LogP contribution is -2.17. The number of hydrogen-bond acceptors (Lipinski definition) is 5. The molecule has 3 aromatic rings. The molecular formula is C28H28O5. The smallest absolute Gasteiger partial charge is 0.162 e. The van der Waals surface area contributed by atoms with Crippen LogP contribution in [0.2, 0.25) is 0 Å². The molecule has 4 rings (SSSR count). The van der Waals surface area contributed by atoms with Crippen molar-refractivity contribution < 1.29 is 23.7 Å². The lowest BCUT2D eigenvalue weighted by molar-refractivity contribution is -0.112. The Morgan fingerprint density at radius 3 is 1.79 bits per heavy atom. The van der Waals surface area contributed by atoms with E-state index in [0.717, 1.165) is 29.5 Å². The third-order valence-corrected chi connectivity index (χ3v) is 5.82. The summed E-state index contributed by atoms with van der Waals surface area (Å²) in [5.41, 5.74) is 5.10. The van der Waals surface area contributed by atoms with Crippen LogP contribution in [-0.4, -0.2) is 33.2 Å². The van der Waals surface area contributed by atoms with Gasteiger partial charge in [-0.1, -0.05) is 36.4 Å². The SMILES string of the molecule is COc1ccc(C(=CC(C)=O)c2ccc(OC)c(OC3Cc4ccccc4C3)c2)cc1OC. The highest BCUT2D eigenvalue weighted by Gasteiger charge is 2.24. The molecule has 5 nitrogen and oxygen atoms in total. The quantitative estimate of drug-likeness (QED) is 0.443. The van der Waals surface area contributed by atoms with Crippen molar-refractivity contribution in [3.8, 4) is 23.0 Å². The molecule has 0 bridgehead atoms. The van der Waals surface area contributed by atoms with E-state index in [4.69, 9.17) is 18.9 Å². The number of fused-ring (bicyclic) bond motifs is 1. The zero-order valence-corrected chi connectivity index (χ0v) is 19.4. The molecule has 3 aromatic carbocycles. The lowest BCUT2D eigenvalue weighted by atomic mass is 9.96. The number of ether oxygens (including phenoxy) is 4. The molecule has 0 aliphatic heterocycles. The van der Waals surface area contributed by atoms with E-state index in [2.05, 4.69) is 24.3 Å². The summed E-state index contributed by atoms with van der Waals surface area (Å²) in [6, 6.07) is 19.8. The molecule has 0 atom stereocenters. The normalized spacial score (nSPS) is 13.4. The van der Waals surface area contributed by atoms with Crippen LogP contribution >= 0.6 is 0 Å². The second-order valence-corrected chi connectivity index (χ2v) is 8.02. The summed E-state index contributed by atoms with van der Waals surface area (Å²) in [7, 11) is 4.82. The van der Waals surface area contributed by atoms with Gasteiger partial charge in [-0.2, -0.15) is 0 Å². The van der Waals surface area contributed by atoms with Crippen LogP contribution in [-0.2, 0) is 17.6 Å². The maximum absolute atomic E-state index is 12.1. The minimum Gasteiger partial charge on any atom is -0.493 e. The van der Waals surface area contributed by atoms with Gasteiger partial charge in [-0.25, -0.2) is 0 Å². The summed E-state index contributed by atoms with van der Waals surface area (Å²) in [5, 5.41) is 0. The first-order valence-electron chi connectivity index (χ1n) is 10.9. The largest absolute Gasteiger partial charge is 0.493 e. The molecule has 0 saturated carbocycles. The maximum Gasteiger partial charge on any atom is 0.162 e. The maximum atomic E-state index is 12.1. The Morgan fingerprint density at radius 1 is 0.758 bits per heavy atom.